The maximum Gasteiger partial charge on any atom is 0.226 e. The van der Waals surface area contributed by atoms with E-state index in [2.05, 4.69) is 10.1 Å². The Bertz CT molecular complexity index is 510. The maximum atomic E-state index is 13.6. The van der Waals surface area contributed by atoms with Gasteiger partial charge >= 0.3 is 0 Å². The zero-order chi connectivity index (χ0) is 13.0. The Kier molecular flexibility index (Phi) is 4.28. The van der Waals surface area contributed by atoms with Gasteiger partial charge in [-0.05, 0) is 25.1 Å². The highest BCUT2D eigenvalue weighted by molar-refractivity contribution is 6.31. The van der Waals surface area contributed by atoms with E-state index in [1.165, 1.54) is 6.07 Å². The summed E-state index contributed by atoms with van der Waals surface area (Å²) >= 11 is 5.93. The van der Waals surface area contributed by atoms with Gasteiger partial charge in [-0.25, -0.2) is 4.39 Å². The Labute approximate surface area is 109 Å². The summed E-state index contributed by atoms with van der Waals surface area (Å²) in [6.45, 7) is 0.566. The Morgan fingerprint density at radius 2 is 2.22 bits per heavy atom. The van der Waals surface area contributed by atoms with Crippen LogP contribution in [0.2, 0.25) is 5.02 Å². The lowest BCUT2D eigenvalue weighted by atomic mass is 10.1. The van der Waals surface area contributed by atoms with Crippen LogP contribution in [-0.4, -0.2) is 16.7 Å². The van der Waals surface area contributed by atoms with Gasteiger partial charge in [0.15, 0.2) is 5.82 Å². The highest BCUT2D eigenvalue weighted by Gasteiger charge is 2.12. The minimum Gasteiger partial charge on any atom is -0.339 e. The predicted octanol–water partition coefficient (Wildman–Crippen LogP) is 2.34. The smallest absolute Gasteiger partial charge is 0.226 e. The first-order chi connectivity index (χ1) is 8.70. The zero-order valence-corrected chi connectivity index (χ0v) is 10.5. The fraction of sp³-hybridized carbons (Fsp3) is 0.333. The van der Waals surface area contributed by atoms with Crippen LogP contribution in [-0.2, 0) is 12.8 Å². The van der Waals surface area contributed by atoms with Crippen LogP contribution in [0, 0.1) is 5.82 Å². The summed E-state index contributed by atoms with van der Waals surface area (Å²) in [6.07, 6.45) is 1.63. The van der Waals surface area contributed by atoms with Gasteiger partial charge in [0.2, 0.25) is 5.89 Å². The van der Waals surface area contributed by atoms with Crippen molar-refractivity contribution < 1.29 is 8.91 Å². The van der Waals surface area contributed by atoms with Crippen molar-refractivity contribution in [3.8, 4) is 0 Å². The maximum absolute atomic E-state index is 13.6. The fourth-order valence-electron chi connectivity index (χ4n) is 1.58. The number of hydrogen-bond donors (Lipinski definition) is 1. The molecule has 2 N–H and O–H groups in total. The summed E-state index contributed by atoms with van der Waals surface area (Å²) in [4.78, 5) is 4.17. The SMILES string of the molecule is NCCCc1nc(Cc2c(F)cccc2Cl)no1. The molecule has 0 aliphatic rings. The molecule has 0 bridgehead atoms. The Balaban J connectivity index is 2.11. The lowest BCUT2D eigenvalue weighted by Crippen LogP contribution is -2.00. The number of aromatic nitrogens is 2. The van der Waals surface area contributed by atoms with Crippen LogP contribution in [0.5, 0.6) is 0 Å². The van der Waals surface area contributed by atoms with Crippen molar-refractivity contribution in [3.05, 3.63) is 46.3 Å². The summed E-state index contributed by atoms with van der Waals surface area (Å²) in [6, 6.07) is 4.55. The van der Waals surface area contributed by atoms with E-state index in [1.54, 1.807) is 12.1 Å². The number of nitrogens with zero attached hydrogens (tertiary/aromatic N) is 2. The number of halogens is 2. The molecule has 0 saturated carbocycles. The third-order valence-corrected chi connectivity index (χ3v) is 2.86. The van der Waals surface area contributed by atoms with Crippen LogP contribution in [0.4, 0.5) is 4.39 Å². The molecule has 0 saturated heterocycles. The molecule has 0 fully saturated rings. The van der Waals surface area contributed by atoms with E-state index in [0.29, 0.717) is 35.3 Å². The Hall–Kier alpha value is -1.46. The molecule has 4 nitrogen and oxygen atoms in total. The fourth-order valence-corrected chi connectivity index (χ4v) is 1.81. The third-order valence-electron chi connectivity index (χ3n) is 2.50. The average Bonchev–Trinajstić information content (AvgIpc) is 2.79. The van der Waals surface area contributed by atoms with E-state index in [-0.39, 0.29) is 12.2 Å². The molecule has 0 aliphatic heterocycles. The van der Waals surface area contributed by atoms with Gasteiger partial charge in [-0.1, -0.05) is 22.8 Å². The van der Waals surface area contributed by atoms with Crippen molar-refractivity contribution in [2.24, 2.45) is 5.73 Å². The number of aryl methyl sites for hydroxylation is 1. The van der Waals surface area contributed by atoms with Crippen LogP contribution in [0.3, 0.4) is 0 Å². The predicted molar refractivity (Wildman–Crippen MR) is 65.9 cm³/mol. The molecule has 1 heterocycles. The molecular formula is C12H13ClFN3O. The first kappa shape index (κ1) is 13.0. The number of benzene rings is 1. The van der Waals surface area contributed by atoms with Crippen molar-refractivity contribution in [1.29, 1.82) is 0 Å². The van der Waals surface area contributed by atoms with Gasteiger partial charge in [0.1, 0.15) is 5.82 Å². The van der Waals surface area contributed by atoms with Gasteiger partial charge in [-0.3, -0.25) is 0 Å². The average molecular weight is 270 g/mol. The summed E-state index contributed by atoms with van der Waals surface area (Å²) in [5, 5.41) is 4.16. The highest BCUT2D eigenvalue weighted by Crippen LogP contribution is 2.21. The molecule has 18 heavy (non-hydrogen) atoms. The minimum absolute atomic E-state index is 0.220. The van der Waals surface area contributed by atoms with Crippen molar-refractivity contribution in [2.45, 2.75) is 19.3 Å². The van der Waals surface area contributed by atoms with Gasteiger partial charge in [0.25, 0.3) is 0 Å². The summed E-state index contributed by atoms with van der Waals surface area (Å²) in [5.41, 5.74) is 5.77. The van der Waals surface area contributed by atoms with Crippen LogP contribution in [0.25, 0.3) is 0 Å². The molecule has 0 aliphatic carbocycles. The molecule has 2 rings (SSSR count). The quantitative estimate of drug-likeness (QED) is 0.905. The molecule has 0 unspecified atom stereocenters. The molecule has 0 spiro atoms. The Morgan fingerprint density at radius 1 is 1.39 bits per heavy atom. The van der Waals surface area contributed by atoms with Crippen molar-refractivity contribution in [1.82, 2.24) is 10.1 Å². The summed E-state index contributed by atoms with van der Waals surface area (Å²) in [7, 11) is 0. The van der Waals surface area contributed by atoms with E-state index in [9.17, 15) is 4.39 Å². The largest absolute Gasteiger partial charge is 0.339 e. The second-order valence-electron chi connectivity index (χ2n) is 3.87. The molecule has 1 aromatic carbocycles. The molecule has 96 valence electrons. The van der Waals surface area contributed by atoms with Crippen LogP contribution in [0.1, 0.15) is 23.7 Å². The molecule has 2 aromatic rings. The van der Waals surface area contributed by atoms with E-state index < -0.39 is 0 Å². The normalized spacial score (nSPS) is 10.8. The van der Waals surface area contributed by atoms with Gasteiger partial charge in [0, 0.05) is 23.4 Å². The van der Waals surface area contributed by atoms with E-state index in [4.69, 9.17) is 21.9 Å². The topological polar surface area (TPSA) is 64.9 Å². The van der Waals surface area contributed by atoms with Crippen LogP contribution in [0.15, 0.2) is 22.7 Å². The lowest BCUT2D eigenvalue weighted by Gasteiger charge is -2.01. The third kappa shape index (κ3) is 3.05. The molecule has 1 aromatic heterocycles. The standard InChI is InChI=1S/C12H13ClFN3O/c13-9-3-1-4-10(14)8(9)7-11-16-12(18-17-11)5-2-6-15/h1,3-4H,2,5-7,15H2. The van der Waals surface area contributed by atoms with E-state index >= 15 is 0 Å². The van der Waals surface area contributed by atoms with Gasteiger partial charge < -0.3 is 10.3 Å². The van der Waals surface area contributed by atoms with E-state index in [0.717, 1.165) is 6.42 Å². The monoisotopic (exact) mass is 269 g/mol. The lowest BCUT2D eigenvalue weighted by molar-refractivity contribution is 0.371. The highest BCUT2D eigenvalue weighted by atomic mass is 35.5. The summed E-state index contributed by atoms with van der Waals surface area (Å²) < 4.78 is 18.6. The van der Waals surface area contributed by atoms with Crippen LogP contribution < -0.4 is 5.73 Å². The van der Waals surface area contributed by atoms with Gasteiger partial charge in [0.05, 0.1) is 0 Å². The van der Waals surface area contributed by atoms with Crippen LogP contribution >= 0.6 is 11.6 Å². The number of rotatable bonds is 5. The Morgan fingerprint density at radius 3 is 2.94 bits per heavy atom. The van der Waals surface area contributed by atoms with Crippen molar-refractivity contribution >= 4 is 11.6 Å². The van der Waals surface area contributed by atoms with Crippen molar-refractivity contribution in [2.75, 3.05) is 6.54 Å². The molecule has 6 heteroatoms. The molecule has 0 atom stereocenters. The molecule has 0 amide bonds. The number of nitrogens with two attached hydrogens (primary N) is 1. The van der Waals surface area contributed by atoms with Gasteiger partial charge in [-0.15, -0.1) is 0 Å². The van der Waals surface area contributed by atoms with E-state index in [1.807, 2.05) is 0 Å². The second-order valence-corrected chi connectivity index (χ2v) is 4.28. The second kappa shape index (κ2) is 5.93. The molecule has 0 radical (unpaired) electrons. The number of hydrogen-bond acceptors (Lipinski definition) is 4. The minimum atomic E-state index is -0.365. The summed E-state index contributed by atoms with van der Waals surface area (Å²) in [5.74, 6) is 0.577. The zero-order valence-electron chi connectivity index (χ0n) is 9.70. The first-order valence-electron chi connectivity index (χ1n) is 5.65. The first-order valence-corrected chi connectivity index (χ1v) is 6.03. The van der Waals surface area contributed by atoms with Crippen molar-refractivity contribution in [3.63, 3.8) is 0 Å². The molecular weight excluding hydrogens is 257 g/mol. The van der Waals surface area contributed by atoms with Gasteiger partial charge in [-0.2, -0.15) is 4.98 Å².